The number of ether oxygens (including phenoxy) is 1. The number of Topliss-reactive ketones (excluding diaryl/α,β-unsaturated/α-hetero) is 1. The maximum Gasteiger partial charge on any atom is 0.167 e. The topological polar surface area (TPSA) is 26.3 Å². The van der Waals surface area contributed by atoms with Crippen LogP contribution in [0.2, 0.25) is 0 Å². The summed E-state index contributed by atoms with van der Waals surface area (Å²) < 4.78 is 6.29. The average molecular weight is 333 g/mol. The van der Waals surface area contributed by atoms with Crippen molar-refractivity contribution in [3.8, 4) is 5.75 Å². The van der Waals surface area contributed by atoms with Crippen molar-refractivity contribution in [2.75, 3.05) is 7.11 Å². The van der Waals surface area contributed by atoms with E-state index in [1.165, 1.54) is 0 Å². The first-order chi connectivity index (χ1) is 9.51. The van der Waals surface area contributed by atoms with E-state index in [1.807, 2.05) is 50.2 Å². The van der Waals surface area contributed by atoms with Gasteiger partial charge < -0.3 is 4.74 Å². The zero-order chi connectivity index (χ0) is 14.7. The van der Waals surface area contributed by atoms with Gasteiger partial charge in [0.2, 0.25) is 0 Å². The summed E-state index contributed by atoms with van der Waals surface area (Å²) >= 11 is 3.39. The van der Waals surface area contributed by atoms with E-state index in [2.05, 4.69) is 15.9 Å². The molecule has 2 nitrogen and oxygen atoms in total. The summed E-state index contributed by atoms with van der Waals surface area (Å²) in [6, 6.07) is 11.7. The van der Waals surface area contributed by atoms with Crippen molar-refractivity contribution >= 4 is 21.7 Å². The van der Waals surface area contributed by atoms with Gasteiger partial charge in [0.05, 0.1) is 7.11 Å². The lowest BCUT2D eigenvalue weighted by molar-refractivity contribution is 0.0992. The van der Waals surface area contributed by atoms with Gasteiger partial charge in [0.15, 0.2) is 5.78 Å². The molecule has 0 fully saturated rings. The van der Waals surface area contributed by atoms with Crippen LogP contribution in [-0.2, 0) is 6.42 Å². The van der Waals surface area contributed by atoms with Crippen LogP contribution < -0.4 is 4.74 Å². The molecule has 2 aromatic rings. The number of ketones is 1. The lowest BCUT2D eigenvalue weighted by Gasteiger charge is -2.10. The molecule has 0 heterocycles. The highest BCUT2D eigenvalue weighted by Crippen LogP contribution is 2.23. The minimum absolute atomic E-state index is 0.135. The Bertz CT molecular complexity index is 630. The molecule has 20 heavy (non-hydrogen) atoms. The molecule has 0 aliphatic carbocycles. The number of halogens is 1. The minimum atomic E-state index is 0.135. The summed E-state index contributed by atoms with van der Waals surface area (Å²) in [5.74, 6) is 0.957. The van der Waals surface area contributed by atoms with Gasteiger partial charge in [-0.15, -0.1) is 0 Å². The smallest absolute Gasteiger partial charge is 0.167 e. The molecule has 0 amide bonds. The number of benzene rings is 2. The van der Waals surface area contributed by atoms with E-state index in [0.717, 1.165) is 32.5 Å². The Hall–Kier alpha value is -1.61. The number of carbonyl (C=O) groups is 1. The number of hydrogen-bond acceptors (Lipinski definition) is 2. The number of hydrogen-bond donors (Lipinski definition) is 0. The van der Waals surface area contributed by atoms with Crippen molar-refractivity contribution in [2.24, 2.45) is 0 Å². The van der Waals surface area contributed by atoms with Crippen LogP contribution in [0.15, 0.2) is 40.9 Å². The monoisotopic (exact) mass is 332 g/mol. The second kappa shape index (κ2) is 6.23. The molecular weight excluding hydrogens is 316 g/mol. The van der Waals surface area contributed by atoms with Crippen LogP contribution in [0.4, 0.5) is 0 Å². The molecule has 2 aromatic carbocycles. The van der Waals surface area contributed by atoms with Crippen molar-refractivity contribution in [3.63, 3.8) is 0 Å². The molecule has 2 rings (SSSR count). The zero-order valence-electron chi connectivity index (χ0n) is 11.9. The first kappa shape index (κ1) is 14.8. The third-order valence-corrected chi connectivity index (χ3v) is 3.85. The Morgan fingerprint density at radius 2 is 1.75 bits per heavy atom. The first-order valence-corrected chi connectivity index (χ1v) is 7.23. The minimum Gasteiger partial charge on any atom is -0.496 e. The standard InChI is InChI=1S/C17H17BrO2/c1-11-9-17(20-3)12(2)8-15(11)16(19)10-13-4-6-14(18)7-5-13/h4-9H,10H2,1-3H3. The van der Waals surface area contributed by atoms with Crippen molar-refractivity contribution in [1.82, 2.24) is 0 Å². The third kappa shape index (κ3) is 3.28. The maximum absolute atomic E-state index is 12.4. The van der Waals surface area contributed by atoms with Crippen molar-refractivity contribution in [3.05, 3.63) is 63.1 Å². The van der Waals surface area contributed by atoms with Crippen molar-refractivity contribution < 1.29 is 9.53 Å². The summed E-state index contributed by atoms with van der Waals surface area (Å²) in [4.78, 5) is 12.4. The summed E-state index contributed by atoms with van der Waals surface area (Å²) in [5, 5.41) is 0. The number of aryl methyl sites for hydroxylation is 2. The molecule has 0 saturated carbocycles. The molecule has 0 atom stereocenters. The van der Waals surface area contributed by atoms with E-state index >= 15 is 0 Å². The van der Waals surface area contributed by atoms with Gasteiger partial charge in [0.25, 0.3) is 0 Å². The third-order valence-electron chi connectivity index (χ3n) is 3.32. The molecule has 0 aliphatic heterocycles. The van der Waals surface area contributed by atoms with Gasteiger partial charge in [-0.05, 0) is 54.8 Å². The van der Waals surface area contributed by atoms with Crippen molar-refractivity contribution in [2.45, 2.75) is 20.3 Å². The highest BCUT2D eigenvalue weighted by molar-refractivity contribution is 9.10. The van der Waals surface area contributed by atoms with Crippen LogP contribution in [0.3, 0.4) is 0 Å². The molecule has 0 spiro atoms. The second-order valence-corrected chi connectivity index (χ2v) is 5.78. The normalized spacial score (nSPS) is 10.4. The predicted octanol–water partition coefficient (Wildman–Crippen LogP) is 4.50. The van der Waals surface area contributed by atoms with Crippen LogP contribution >= 0.6 is 15.9 Å². The summed E-state index contributed by atoms with van der Waals surface area (Å²) in [5.41, 5.74) is 3.73. The molecule has 0 unspecified atom stereocenters. The van der Waals surface area contributed by atoms with Gasteiger partial charge in [0, 0.05) is 16.5 Å². The van der Waals surface area contributed by atoms with E-state index in [0.29, 0.717) is 6.42 Å². The largest absolute Gasteiger partial charge is 0.496 e. The molecule has 0 radical (unpaired) electrons. The van der Waals surface area contributed by atoms with E-state index in [1.54, 1.807) is 7.11 Å². The van der Waals surface area contributed by atoms with Crippen LogP contribution in [-0.4, -0.2) is 12.9 Å². The van der Waals surface area contributed by atoms with Gasteiger partial charge in [-0.2, -0.15) is 0 Å². The van der Waals surface area contributed by atoms with Crippen molar-refractivity contribution in [1.29, 1.82) is 0 Å². The fourth-order valence-electron chi connectivity index (χ4n) is 2.19. The van der Waals surface area contributed by atoms with Crippen LogP contribution in [0.1, 0.15) is 27.0 Å². The lowest BCUT2D eigenvalue weighted by atomic mass is 9.97. The fraction of sp³-hybridized carbons (Fsp3) is 0.235. The Balaban J connectivity index is 2.25. The summed E-state index contributed by atoms with van der Waals surface area (Å²) in [6.45, 7) is 3.89. The maximum atomic E-state index is 12.4. The Labute approximate surface area is 127 Å². The number of methoxy groups -OCH3 is 1. The molecule has 104 valence electrons. The Kier molecular flexibility index (Phi) is 4.61. The second-order valence-electron chi connectivity index (χ2n) is 4.86. The van der Waals surface area contributed by atoms with Crippen LogP contribution in [0.25, 0.3) is 0 Å². The van der Waals surface area contributed by atoms with E-state index in [4.69, 9.17) is 4.74 Å². The molecule has 0 bridgehead atoms. The van der Waals surface area contributed by atoms with E-state index in [9.17, 15) is 4.79 Å². The van der Waals surface area contributed by atoms with Gasteiger partial charge in [-0.3, -0.25) is 4.79 Å². The van der Waals surface area contributed by atoms with Crippen LogP contribution in [0, 0.1) is 13.8 Å². The van der Waals surface area contributed by atoms with Gasteiger partial charge in [-0.25, -0.2) is 0 Å². The first-order valence-electron chi connectivity index (χ1n) is 6.44. The Morgan fingerprint density at radius 1 is 1.10 bits per heavy atom. The molecule has 0 saturated heterocycles. The molecular formula is C17H17BrO2. The van der Waals surface area contributed by atoms with Gasteiger partial charge in [0.1, 0.15) is 5.75 Å². The van der Waals surface area contributed by atoms with E-state index in [-0.39, 0.29) is 5.78 Å². The molecule has 3 heteroatoms. The fourth-order valence-corrected chi connectivity index (χ4v) is 2.46. The highest BCUT2D eigenvalue weighted by atomic mass is 79.9. The SMILES string of the molecule is COc1cc(C)c(C(=O)Cc2ccc(Br)cc2)cc1C. The number of rotatable bonds is 4. The van der Waals surface area contributed by atoms with Crippen LogP contribution in [0.5, 0.6) is 5.75 Å². The molecule has 0 aromatic heterocycles. The van der Waals surface area contributed by atoms with E-state index < -0.39 is 0 Å². The number of carbonyl (C=O) groups excluding carboxylic acids is 1. The molecule has 0 aliphatic rings. The lowest BCUT2D eigenvalue weighted by Crippen LogP contribution is -2.06. The average Bonchev–Trinajstić information content (AvgIpc) is 2.43. The quantitative estimate of drug-likeness (QED) is 0.770. The van der Waals surface area contributed by atoms with Gasteiger partial charge in [-0.1, -0.05) is 28.1 Å². The molecule has 0 N–H and O–H groups in total. The van der Waals surface area contributed by atoms with Gasteiger partial charge >= 0.3 is 0 Å². The Morgan fingerprint density at radius 3 is 2.35 bits per heavy atom. The summed E-state index contributed by atoms with van der Waals surface area (Å²) in [6.07, 6.45) is 0.417. The zero-order valence-corrected chi connectivity index (χ0v) is 13.5. The highest BCUT2D eigenvalue weighted by Gasteiger charge is 2.12. The summed E-state index contributed by atoms with van der Waals surface area (Å²) in [7, 11) is 1.64. The predicted molar refractivity (Wildman–Crippen MR) is 84.6 cm³/mol.